The average Bonchev–Trinajstić information content (AvgIpc) is 3.36. The Morgan fingerprint density at radius 1 is 1.07 bits per heavy atom. The van der Waals surface area contributed by atoms with E-state index in [0.29, 0.717) is 25.3 Å². The normalized spacial score (nSPS) is 11.1. The van der Waals surface area contributed by atoms with Crippen LogP contribution in [0.25, 0.3) is 16.2 Å². The molecular formula is C23H23N3O2S. The van der Waals surface area contributed by atoms with E-state index in [4.69, 9.17) is 9.72 Å². The molecule has 148 valence electrons. The van der Waals surface area contributed by atoms with E-state index >= 15 is 0 Å². The maximum atomic E-state index is 12.9. The second-order valence-electron chi connectivity index (χ2n) is 6.77. The third kappa shape index (κ3) is 4.39. The highest BCUT2D eigenvalue weighted by Crippen LogP contribution is 2.24. The molecule has 29 heavy (non-hydrogen) atoms. The Labute approximate surface area is 174 Å². The monoisotopic (exact) mass is 405 g/mol. The lowest BCUT2D eigenvalue weighted by atomic mass is 10.2. The molecule has 1 amide bonds. The highest BCUT2D eigenvalue weighted by Gasteiger charge is 2.17. The van der Waals surface area contributed by atoms with Gasteiger partial charge in [-0.05, 0) is 12.1 Å². The predicted molar refractivity (Wildman–Crippen MR) is 116 cm³/mol. The Bertz CT molecular complexity index is 1070. The maximum absolute atomic E-state index is 12.9. The number of carbonyl (C=O) groups excluding carboxylic acids is 1. The Kier molecular flexibility index (Phi) is 6.03. The smallest absolute Gasteiger partial charge is 0.253 e. The molecule has 0 fully saturated rings. The zero-order valence-corrected chi connectivity index (χ0v) is 17.1. The summed E-state index contributed by atoms with van der Waals surface area (Å²) in [6.45, 7) is 1.71. The SMILES string of the molecule is COCCN(CCc1csc2nc(-c3ccccc3)cn12)C(=O)c1ccccc1. The van der Waals surface area contributed by atoms with Crippen molar-refractivity contribution in [1.29, 1.82) is 0 Å². The minimum Gasteiger partial charge on any atom is -0.383 e. The lowest BCUT2D eigenvalue weighted by molar-refractivity contribution is 0.0697. The summed E-state index contributed by atoms with van der Waals surface area (Å²) in [6, 6.07) is 19.6. The van der Waals surface area contributed by atoms with Crippen LogP contribution in [0.3, 0.4) is 0 Å². The van der Waals surface area contributed by atoms with Gasteiger partial charge in [0.25, 0.3) is 5.91 Å². The van der Waals surface area contributed by atoms with E-state index in [9.17, 15) is 4.79 Å². The van der Waals surface area contributed by atoms with E-state index in [2.05, 4.69) is 28.1 Å². The van der Waals surface area contributed by atoms with E-state index in [-0.39, 0.29) is 5.91 Å². The van der Waals surface area contributed by atoms with Crippen LogP contribution in [0.4, 0.5) is 0 Å². The molecule has 0 aliphatic heterocycles. The van der Waals surface area contributed by atoms with E-state index in [1.165, 1.54) is 0 Å². The first-order chi connectivity index (χ1) is 14.3. The number of fused-ring (bicyclic) bond motifs is 1. The van der Waals surface area contributed by atoms with E-state index < -0.39 is 0 Å². The van der Waals surface area contributed by atoms with Gasteiger partial charge in [-0.1, -0.05) is 48.5 Å². The topological polar surface area (TPSA) is 46.8 Å². The largest absolute Gasteiger partial charge is 0.383 e. The molecule has 0 atom stereocenters. The van der Waals surface area contributed by atoms with Crippen LogP contribution in [0.5, 0.6) is 0 Å². The standard InChI is InChI=1S/C23H23N3O2S/c1-28-15-14-25(22(27)19-10-6-3-7-11-19)13-12-20-17-29-23-24-21(16-26(20)23)18-8-4-2-5-9-18/h2-11,16-17H,12-15H2,1H3. The van der Waals surface area contributed by atoms with Gasteiger partial charge in [-0.3, -0.25) is 9.20 Å². The van der Waals surface area contributed by atoms with E-state index in [1.54, 1.807) is 18.4 Å². The van der Waals surface area contributed by atoms with Crippen molar-refractivity contribution in [3.63, 3.8) is 0 Å². The van der Waals surface area contributed by atoms with Gasteiger partial charge in [-0.2, -0.15) is 0 Å². The van der Waals surface area contributed by atoms with Crippen molar-refractivity contribution in [3.8, 4) is 11.3 Å². The second-order valence-corrected chi connectivity index (χ2v) is 7.61. The molecule has 4 rings (SSSR count). The quantitative estimate of drug-likeness (QED) is 0.437. The molecule has 0 saturated carbocycles. The van der Waals surface area contributed by atoms with Crippen molar-refractivity contribution in [2.45, 2.75) is 6.42 Å². The van der Waals surface area contributed by atoms with Crippen molar-refractivity contribution in [1.82, 2.24) is 14.3 Å². The number of ether oxygens (including phenoxy) is 1. The third-order valence-electron chi connectivity index (χ3n) is 4.86. The van der Waals surface area contributed by atoms with Gasteiger partial charge in [0.1, 0.15) is 0 Å². The molecule has 0 bridgehead atoms. The first-order valence-corrected chi connectivity index (χ1v) is 10.5. The van der Waals surface area contributed by atoms with Crippen molar-refractivity contribution < 1.29 is 9.53 Å². The zero-order valence-electron chi connectivity index (χ0n) is 16.3. The van der Waals surface area contributed by atoms with Crippen LogP contribution in [0.1, 0.15) is 16.1 Å². The number of imidazole rings is 1. The third-order valence-corrected chi connectivity index (χ3v) is 5.75. The van der Waals surface area contributed by atoms with Crippen LogP contribution in [0.15, 0.2) is 72.2 Å². The number of methoxy groups -OCH3 is 1. The number of thiazole rings is 1. The van der Waals surface area contributed by atoms with Gasteiger partial charge < -0.3 is 9.64 Å². The second kappa shape index (κ2) is 9.03. The lowest BCUT2D eigenvalue weighted by Crippen LogP contribution is -2.35. The van der Waals surface area contributed by atoms with E-state index in [0.717, 1.165) is 28.3 Å². The first-order valence-electron chi connectivity index (χ1n) is 9.60. The molecule has 2 aromatic heterocycles. The number of benzene rings is 2. The number of carbonyl (C=O) groups is 1. The molecule has 6 heteroatoms. The van der Waals surface area contributed by atoms with Gasteiger partial charge in [-0.15, -0.1) is 11.3 Å². The number of aromatic nitrogens is 2. The molecule has 0 aliphatic rings. The van der Waals surface area contributed by atoms with Gasteiger partial charge in [0.05, 0.1) is 12.3 Å². The Hall–Kier alpha value is -2.96. The molecule has 0 aliphatic carbocycles. The molecule has 0 radical (unpaired) electrons. The van der Waals surface area contributed by atoms with Gasteiger partial charge in [0.2, 0.25) is 0 Å². The summed E-state index contributed by atoms with van der Waals surface area (Å²) >= 11 is 1.63. The molecule has 0 unspecified atom stereocenters. The van der Waals surface area contributed by atoms with Crippen LogP contribution in [0.2, 0.25) is 0 Å². The molecule has 2 heterocycles. The van der Waals surface area contributed by atoms with Crippen molar-refractivity contribution in [3.05, 3.63) is 83.5 Å². The fourth-order valence-corrected chi connectivity index (χ4v) is 4.19. The first kappa shape index (κ1) is 19.4. The summed E-state index contributed by atoms with van der Waals surface area (Å²) in [5.41, 5.74) is 3.93. The predicted octanol–water partition coefficient (Wildman–Crippen LogP) is 4.39. The van der Waals surface area contributed by atoms with Crippen molar-refractivity contribution >= 4 is 22.2 Å². The number of hydrogen-bond acceptors (Lipinski definition) is 4. The van der Waals surface area contributed by atoms with Crippen molar-refractivity contribution in [2.24, 2.45) is 0 Å². The van der Waals surface area contributed by atoms with Gasteiger partial charge in [-0.25, -0.2) is 4.98 Å². The molecule has 0 N–H and O–H groups in total. The summed E-state index contributed by atoms with van der Waals surface area (Å²) in [6.07, 6.45) is 2.84. The molecule has 0 spiro atoms. The number of amides is 1. The van der Waals surface area contributed by atoms with Gasteiger partial charge in [0, 0.05) is 55.0 Å². The summed E-state index contributed by atoms with van der Waals surface area (Å²) < 4.78 is 7.34. The zero-order chi connectivity index (χ0) is 20.1. The molecule has 0 saturated heterocycles. The molecular weight excluding hydrogens is 382 g/mol. The maximum Gasteiger partial charge on any atom is 0.253 e. The minimum absolute atomic E-state index is 0.0322. The molecule has 5 nitrogen and oxygen atoms in total. The number of rotatable bonds is 8. The van der Waals surface area contributed by atoms with Crippen LogP contribution in [-0.4, -0.2) is 47.0 Å². The van der Waals surface area contributed by atoms with Crippen LogP contribution in [0, 0.1) is 0 Å². The van der Waals surface area contributed by atoms with Gasteiger partial charge in [0.15, 0.2) is 4.96 Å². The van der Waals surface area contributed by atoms with Crippen LogP contribution in [-0.2, 0) is 11.2 Å². The summed E-state index contributed by atoms with van der Waals surface area (Å²) in [5, 5.41) is 2.12. The van der Waals surface area contributed by atoms with Crippen LogP contribution >= 0.6 is 11.3 Å². The van der Waals surface area contributed by atoms with Crippen molar-refractivity contribution in [2.75, 3.05) is 26.8 Å². The number of hydrogen-bond donors (Lipinski definition) is 0. The lowest BCUT2D eigenvalue weighted by Gasteiger charge is -2.22. The Balaban J connectivity index is 1.52. The van der Waals surface area contributed by atoms with E-state index in [1.807, 2.05) is 53.4 Å². The highest BCUT2D eigenvalue weighted by molar-refractivity contribution is 7.15. The van der Waals surface area contributed by atoms with Gasteiger partial charge >= 0.3 is 0 Å². The molecule has 2 aromatic carbocycles. The Morgan fingerprint density at radius 3 is 2.52 bits per heavy atom. The fraction of sp³-hybridized carbons (Fsp3) is 0.217. The summed E-state index contributed by atoms with van der Waals surface area (Å²) in [7, 11) is 1.66. The fourth-order valence-electron chi connectivity index (χ4n) is 3.29. The summed E-state index contributed by atoms with van der Waals surface area (Å²) in [5.74, 6) is 0.0322. The highest BCUT2D eigenvalue weighted by atomic mass is 32.1. The average molecular weight is 406 g/mol. The molecule has 4 aromatic rings. The Morgan fingerprint density at radius 2 is 1.79 bits per heavy atom. The van der Waals surface area contributed by atoms with Crippen LogP contribution < -0.4 is 0 Å². The summed E-state index contributed by atoms with van der Waals surface area (Å²) in [4.78, 5) is 20.5. The number of nitrogens with zero attached hydrogens (tertiary/aromatic N) is 3. The minimum atomic E-state index is 0.0322.